The highest BCUT2D eigenvalue weighted by atomic mass is 15.2. The maximum Gasteiger partial charge on any atom is 0.0456 e. The van der Waals surface area contributed by atoms with Crippen LogP contribution < -0.4 is 5.73 Å². The Morgan fingerprint density at radius 3 is 2.80 bits per heavy atom. The van der Waals surface area contributed by atoms with Crippen LogP contribution in [-0.4, -0.2) is 23.0 Å². The standard InChI is InChI=1S/C18H28N2/c1-3-15-12-11-13(2)20(15)17-10-6-8-14-7-4-5-9-16(14)18(17)19/h4-5,7,9,13,15,17-18H,3,6,8,10-12,19H2,1-2H3. The van der Waals surface area contributed by atoms with E-state index >= 15 is 0 Å². The van der Waals surface area contributed by atoms with Crippen LogP contribution in [0.1, 0.15) is 63.1 Å². The molecule has 0 radical (unpaired) electrons. The number of hydrogen-bond acceptors (Lipinski definition) is 2. The van der Waals surface area contributed by atoms with Crippen molar-refractivity contribution >= 4 is 0 Å². The summed E-state index contributed by atoms with van der Waals surface area (Å²) < 4.78 is 0. The van der Waals surface area contributed by atoms with Crippen molar-refractivity contribution in [1.29, 1.82) is 0 Å². The number of nitrogens with two attached hydrogens (primary N) is 1. The Balaban J connectivity index is 1.90. The highest BCUT2D eigenvalue weighted by molar-refractivity contribution is 5.32. The van der Waals surface area contributed by atoms with Crippen molar-refractivity contribution in [3.8, 4) is 0 Å². The number of rotatable bonds is 2. The molecule has 0 aromatic heterocycles. The van der Waals surface area contributed by atoms with Gasteiger partial charge in [-0.3, -0.25) is 4.90 Å². The molecule has 1 aromatic rings. The van der Waals surface area contributed by atoms with E-state index in [9.17, 15) is 0 Å². The fourth-order valence-electron chi connectivity index (χ4n) is 4.41. The molecule has 20 heavy (non-hydrogen) atoms. The van der Waals surface area contributed by atoms with Gasteiger partial charge in [-0.25, -0.2) is 0 Å². The van der Waals surface area contributed by atoms with Crippen molar-refractivity contribution < 1.29 is 0 Å². The van der Waals surface area contributed by atoms with E-state index in [1.54, 1.807) is 0 Å². The zero-order valence-electron chi connectivity index (χ0n) is 12.9. The molecule has 1 fully saturated rings. The summed E-state index contributed by atoms with van der Waals surface area (Å²) in [5.74, 6) is 0. The predicted octanol–water partition coefficient (Wildman–Crippen LogP) is 3.65. The first-order chi connectivity index (χ1) is 9.72. The van der Waals surface area contributed by atoms with Crippen LogP contribution >= 0.6 is 0 Å². The third-order valence-electron chi connectivity index (χ3n) is 5.48. The molecule has 2 aliphatic rings. The van der Waals surface area contributed by atoms with Crippen molar-refractivity contribution in [3.05, 3.63) is 35.4 Å². The molecule has 2 nitrogen and oxygen atoms in total. The fourth-order valence-corrected chi connectivity index (χ4v) is 4.41. The Labute approximate surface area is 123 Å². The first kappa shape index (κ1) is 14.1. The van der Waals surface area contributed by atoms with Gasteiger partial charge in [-0.2, -0.15) is 0 Å². The molecule has 1 saturated heterocycles. The van der Waals surface area contributed by atoms with Gasteiger partial charge in [0.05, 0.1) is 0 Å². The average molecular weight is 272 g/mol. The number of fused-ring (bicyclic) bond motifs is 1. The molecule has 0 bridgehead atoms. The molecule has 4 atom stereocenters. The van der Waals surface area contributed by atoms with Gasteiger partial charge >= 0.3 is 0 Å². The molecule has 2 N–H and O–H groups in total. The van der Waals surface area contributed by atoms with Crippen molar-refractivity contribution in [1.82, 2.24) is 4.90 Å². The predicted molar refractivity (Wildman–Crippen MR) is 84.7 cm³/mol. The van der Waals surface area contributed by atoms with E-state index in [4.69, 9.17) is 5.73 Å². The van der Waals surface area contributed by atoms with Gasteiger partial charge in [-0.15, -0.1) is 0 Å². The molecule has 1 heterocycles. The van der Waals surface area contributed by atoms with Crippen molar-refractivity contribution in [2.75, 3.05) is 0 Å². The number of hydrogen-bond donors (Lipinski definition) is 1. The van der Waals surface area contributed by atoms with Crippen molar-refractivity contribution in [2.45, 2.75) is 76.5 Å². The van der Waals surface area contributed by atoms with Crippen molar-refractivity contribution in [3.63, 3.8) is 0 Å². The van der Waals surface area contributed by atoms with E-state index in [2.05, 4.69) is 43.0 Å². The second kappa shape index (κ2) is 5.87. The van der Waals surface area contributed by atoms with Crippen molar-refractivity contribution in [2.24, 2.45) is 5.73 Å². The van der Waals surface area contributed by atoms with Crippen LogP contribution in [-0.2, 0) is 6.42 Å². The Morgan fingerprint density at radius 2 is 2.00 bits per heavy atom. The largest absolute Gasteiger partial charge is 0.323 e. The first-order valence-corrected chi connectivity index (χ1v) is 8.33. The molecular formula is C18H28N2. The van der Waals surface area contributed by atoms with Crippen LogP contribution in [0.15, 0.2) is 24.3 Å². The van der Waals surface area contributed by atoms with E-state index in [0.29, 0.717) is 12.1 Å². The molecule has 2 heteroatoms. The Kier molecular flexibility index (Phi) is 4.13. The summed E-state index contributed by atoms with van der Waals surface area (Å²) in [4.78, 5) is 2.76. The second-order valence-corrected chi connectivity index (χ2v) is 6.62. The maximum absolute atomic E-state index is 6.71. The highest BCUT2D eigenvalue weighted by Crippen LogP contribution is 2.37. The molecule has 3 rings (SSSR count). The summed E-state index contributed by atoms with van der Waals surface area (Å²) in [6.45, 7) is 4.71. The van der Waals surface area contributed by atoms with Gasteiger partial charge in [-0.05, 0) is 56.6 Å². The number of aryl methyl sites for hydroxylation is 1. The minimum atomic E-state index is 0.184. The molecule has 1 aliphatic carbocycles. The minimum Gasteiger partial charge on any atom is -0.323 e. The molecule has 0 spiro atoms. The topological polar surface area (TPSA) is 29.3 Å². The van der Waals surface area contributed by atoms with Crippen LogP contribution in [0.4, 0.5) is 0 Å². The SMILES string of the molecule is CCC1CCC(C)N1C1CCCc2ccccc2C1N. The monoisotopic (exact) mass is 272 g/mol. The highest BCUT2D eigenvalue weighted by Gasteiger charge is 2.38. The Bertz CT molecular complexity index is 456. The van der Waals surface area contributed by atoms with Gasteiger partial charge < -0.3 is 5.73 Å². The molecule has 1 aliphatic heterocycles. The fraction of sp³-hybridized carbons (Fsp3) is 0.667. The zero-order valence-corrected chi connectivity index (χ0v) is 12.9. The Morgan fingerprint density at radius 1 is 1.20 bits per heavy atom. The molecule has 1 aromatic carbocycles. The van der Waals surface area contributed by atoms with Gasteiger partial charge in [-0.1, -0.05) is 31.2 Å². The first-order valence-electron chi connectivity index (χ1n) is 8.33. The molecule has 4 unspecified atom stereocenters. The van der Waals surface area contributed by atoms with Crippen LogP contribution in [0, 0.1) is 0 Å². The summed E-state index contributed by atoms with van der Waals surface area (Å²) in [5, 5.41) is 0. The van der Waals surface area contributed by atoms with E-state index in [0.717, 1.165) is 6.04 Å². The van der Waals surface area contributed by atoms with Gasteiger partial charge in [0.1, 0.15) is 0 Å². The molecule has 110 valence electrons. The number of benzene rings is 1. The summed E-state index contributed by atoms with van der Waals surface area (Å²) in [7, 11) is 0. The minimum absolute atomic E-state index is 0.184. The van der Waals surface area contributed by atoms with Gasteiger partial charge in [0.2, 0.25) is 0 Å². The summed E-state index contributed by atoms with van der Waals surface area (Å²) >= 11 is 0. The number of likely N-dealkylation sites (tertiary alicyclic amines) is 1. The van der Waals surface area contributed by atoms with Gasteiger partial charge in [0.15, 0.2) is 0 Å². The summed E-state index contributed by atoms with van der Waals surface area (Å²) in [6, 6.07) is 11.0. The second-order valence-electron chi connectivity index (χ2n) is 6.62. The van der Waals surface area contributed by atoms with Crippen LogP contribution in [0.5, 0.6) is 0 Å². The smallest absolute Gasteiger partial charge is 0.0456 e. The van der Waals surface area contributed by atoms with Gasteiger partial charge in [0, 0.05) is 24.2 Å². The lowest BCUT2D eigenvalue weighted by atomic mass is 9.94. The van der Waals surface area contributed by atoms with Crippen LogP contribution in [0.25, 0.3) is 0 Å². The van der Waals surface area contributed by atoms with Gasteiger partial charge in [0.25, 0.3) is 0 Å². The molecule has 0 amide bonds. The van der Waals surface area contributed by atoms with E-state index in [1.807, 2.05) is 0 Å². The molecule has 0 saturated carbocycles. The maximum atomic E-state index is 6.71. The summed E-state index contributed by atoms with van der Waals surface area (Å²) in [6.07, 6.45) is 7.66. The lowest BCUT2D eigenvalue weighted by Crippen LogP contribution is -2.48. The van der Waals surface area contributed by atoms with Crippen LogP contribution in [0.2, 0.25) is 0 Å². The summed E-state index contributed by atoms with van der Waals surface area (Å²) in [5.41, 5.74) is 9.57. The number of nitrogens with zero attached hydrogens (tertiary/aromatic N) is 1. The van der Waals surface area contributed by atoms with E-state index < -0.39 is 0 Å². The van der Waals surface area contributed by atoms with Crippen LogP contribution in [0.3, 0.4) is 0 Å². The lowest BCUT2D eigenvalue weighted by molar-refractivity contribution is 0.107. The third-order valence-corrected chi connectivity index (χ3v) is 5.48. The third kappa shape index (κ3) is 2.40. The normalized spacial score (nSPS) is 34.8. The molecular weight excluding hydrogens is 244 g/mol. The Hall–Kier alpha value is -0.860. The zero-order chi connectivity index (χ0) is 14.1. The average Bonchev–Trinajstić information content (AvgIpc) is 2.76. The van der Waals surface area contributed by atoms with E-state index in [-0.39, 0.29) is 6.04 Å². The lowest BCUT2D eigenvalue weighted by Gasteiger charge is -2.39. The quantitative estimate of drug-likeness (QED) is 0.833. The van der Waals surface area contributed by atoms with E-state index in [1.165, 1.54) is 49.7 Å².